The zero-order chi connectivity index (χ0) is 13.1. The summed E-state index contributed by atoms with van der Waals surface area (Å²) in [5.41, 5.74) is 0. The van der Waals surface area contributed by atoms with Crippen LogP contribution in [0.1, 0.15) is 46.0 Å². The molecule has 1 rings (SSSR count). The first-order valence-corrected chi connectivity index (χ1v) is 6.65. The summed E-state index contributed by atoms with van der Waals surface area (Å²) in [6, 6.07) is 0.0983. The van der Waals surface area contributed by atoms with Crippen LogP contribution in [0.25, 0.3) is 0 Å². The van der Waals surface area contributed by atoms with Crippen molar-refractivity contribution < 1.29 is 13.9 Å². The molecule has 4 heteroatoms. The molecule has 0 saturated heterocycles. The Bertz CT molecular complexity index is 235. The molecule has 0 aromatic rings. The van der Waals surface area contributed by atoms with Gasteiger partial charge in [-0.05, 0) is 32.2 Å². The lowest BCUT2D eigenvalue weighted by Gasteiger charge is -2.40. The van der Waals surface area contributed by atoms with Crippen LogP contribution < -0.4 is 0 Å². The molecule has 1 N–H and O–H groups in total. The maximum absolute atomic E-state index is 13.4. The van der Waals surface area contributed by atoms with Gasteiger partial charge in [0.2, 0.25) is 0 Å². The molecule has 2 nitrogen and oxygen atoms in total. The zero-order valence-electron chi connectivity index (χ0n) is 11.1. The summed E-state index contributed by atoms with van der Waals surface area (Å²) >= 11 is 0. The van der Waals surface area contributed by atoms with Gasteiger partial charge in [-0.1, -0.05) is 20.3 Å². The van der Waals surface area contributed by atoms with Crippen molar-refractivity contribution in [3.63, 3.8) is 0 Å². The molecule has 0 amide bonds. The Hall–Kier alpha value is -0.220. The SMILES string of the molecule is CCC1CCC(O)CC1N(C)CC(F)(F)CC. The van der Waals surface area contributed by atoms with Gasteiger partial charge in [-0.2, -0.15) is 0 Å². The first-order valence-electron chi connectivity index (χ1n) is 6.65. The van der Waals surface area contributed by atoms with Gasteiger partial charge in [0, 0.05) is 12.5 Å². The average molecular weight is 249 g/mol. The van der Waals surface area contributed by atoms with Crippen molar-refractivity contribution in [2.24, 2.45) is 5.92 Å². The van der Waals surface area contributed by atoms with E-state index < -0.39 is 5.92 Å². The van der Waals surface area contributed by atoms with Crippen LogP contribution in [-0.2, 0) is 0 Å². The largest absolute Gasteiger partial charge is 0.393 e. The second kappa shape index (κ2) is 6.10. The fourth-order valence-electron chi connectivity index (χ4n) is 2.80. The predicted molar refractivity (Wildman–Crippen MR) is 65.3 cm³/mol. The van der Waals surface area contributed by atoms with Crippen molar-refractivity contribution in [1.29, 1.82) is 0 Å². The molecule has 102 valence electrons. The third-order valence-corrected chi connectivity index (χ3v) is 4.02. The molecule has 3 atom stereocenters. The number of aliphatic hydroxyl groups is 1. The van der Waals surface area contributed by atoms with Crippen LogP contribution in [0.2, 0.25) is 0 Å². The van der Waals surface area contributed by atoms with E-state index in [9.17, 15) is 13.9 Å². The lowest BCUT2D eigenvalue weighted by Crippen LogP contribution is -2.47. The highest BCUT2D eigenvalue weighted by atomic mass is 19.3. The van der Waals surface area contributed by atoms with Gasteiger partial charge in [0.25, 0.3) is 5.92 Å². The maximum atomic E-state index is 13.4. The molecule has 17 heavy (non-hydrogen) atoms. The van der Waals surface area contributed by atoms with Gasteiger partial charge in [-0.25, -0.2) is 8.78 Å². The Labute approximate surface area is 103 Å². The van der Waals surface area contributed by atoms with E-state index in [1.54, 1.807) is 11.9 Å². The summed E-state index contributed by atoms with van der Waals surface area (Å²) in [7, 11) is 1.76. The second-order valence-electron chi connectivity index (χ2n) is 5.33. The second-order valence-corrected chi connectivity index (χ2v) is 5.33. The van der Waals surface area contributed by atoms with E-state index in [4.69, 9.17) is 0 Å². The minimum absolute atomic E-state index is 0.0983. The molecule has 0 aliphatic heterocycles. The summed E-state index contributed by atoms with van der Waals surface area (Å²) in [5, 5.41) is 9.68. The van der Waals surface area contributed by atoms with E-state index in [1.165, 1.54) is 6.92 Å². The Morgan fingerprint density at radius 3 is 2.47 bits per heavy atom. The van der Waals surface area contributed by atoms with Crippen molar-refractivity contribution in [1.82, 2.24) is 4.90 Å². The molecule has 0 aromatic carbocycles. The number of hydrogen-bond acceptors (Lipinski definition) is 2. The lowest BCUT2D eigenvalue weighted by atomic mass is 9.80. The van der Waals surface area contributed by atoms with Crippen LogP contribution in [-0.4, -0.2) is 41.7 Å². The lowest BCUT2D eigenvalue weighted by molar-refractivity contribution is -0.0570. The van der Waals surface area contributed by atoms with Crippen LogP contribution >= 0.6 is 0 Å². The summed E-state index contributed by atoms with van der Waals surface area (Å²) in [5.74, 6) is -2.17. The van der Waals surface area contributed by atoms with Gasteiger partial charge >= 0.3 is 0 Å². The van der Waals surface area contributed by atoms with Crippen LogP contribution in [0.4, 0.5) is 8.78 Å². The van der Waals surface area contributed by atoms with E-state index in [1.807, 2.05) is 0 Å². The first-order chi connectivity index (χ1) is 7.89. The van der Waals surface area contributed by atoms with Crippen molar-refractivity contribution in [3.8, 4) is 0 Å². The third kappa shape index (κ3) is 4.18. The average Bonchev–Trinajstić information content (AvgIpc) is 2.28. The van der Waals surface area contributed by atoms with Crippen molar-refractivity contribution in [2.45, 2.75) is 64.0 Å². The standard InChI is InChI=1S/C13H25F2NO/c1-4-10-6-7-11(17)8-12(10)16(3)9-13(14,15)5-2/h10-12,17H,4-9H2,1-3H3. The van der Waals surface area contributed by atoms with Gasteiger partial charge in [-0.15, -0.1) is 0 Å². The predicted octanol–water partition coefficient (Wildman–Crippen LogP) is 2.90. The van der Waals surface area contributed by atoms with Gasteiger partial charge in [0.05, 0.1) is 12.6 Å². The van der Waals surface area contributed by atoms with Crippen LogP contribution in [0, 0.1) is 5.92 Å². The van der Waals surface area contributed by atoms with Crippen molar-refractivity contribution in [3.05, 3.63) is 0 Å². The van der Waals surface area contributed by atoms with Crippen LogP contribution in [0.5, 0.6) is 0 Å². The smallest absolute Gasteiger partial charge is 0.260 e. The summed E-state index contributed by atoms with van der Waals surface area (Å²) in [6.45, 7) is 3.42. The van der Waals surface area contributed by atoms with E-state index >= 15 is 0 Å². The normalized spacial score (nSPS) is 30.9. The Balaban J connectivity index is 2.61. The van der Waals surface area contributed by atoms with Crippen LogP contribution in [0.3, 0.4) is 0 Å². The highest BCUT2D eigenvalue weighted by Gasteiger charge is 2.36. The number of rotatable bonds is 5. The summed E-state index contributed by atoms with van der Waals surface area (Å²) in [6.07, 6.45) is 2.95. The molecule has 0 heterocycles. The Morgan fingerprint density at radius 2 is 1.94 bits per heavy atom. The molecular weight excluding hydrogens is 224 g/mol. The first kappa shape index (κ1) is 14.8. The molecular formula is C13H25F2NO. The van der Waals surface area contributed by atoms with Gasteiger partial charge in [-0.3, -0.25) is 4.90 Å². The minimum atomic E-state index is -2.62. The number of aliphatic hydroxyl groups excluding tert-OH is 1. The third-order valence-electron chi connectivity index (χ3n) is 4.02. The quantitative estimate of drug-likeness (QED) is 0.810. The van der Waals surface area contributed by atoms with Gasteiger partial charge in [0.15, 0.2) is 0 Å². The minimum Gasteiger partial charge on any atom is -0.393 e. The molecule has 0 spiro atoms. The van der Waals surface area contributed by atoms with E-state index in [0.717, 1.165) is 19.3 Å². The molecule has 0 radical (unpaired) electrons. The molecule has 1 saturated carbocycles. The fraction of sp³-hybridized carbons (Fsp3) is 1.00. The van der Waals surface area contributed by atoms with E-state index in [0.29, 0.717) is 12.3 Å². The molecule has 0 bridgehead atoms. The summed E-state index contributed by atoms with van der Waals surface area (Å²) in [4.78, 5) is 1.75. The van der Waals surface area contributed by atoms with Crippen molar-refractivity contribution in [2.75, 3.05) is 13.6 Å². The van der Waals surface area contributed by atoms with Crippen LogP contribution in [0.15, 0.2) is 0 Å². The topological polar surface area (TPSA) is 23.5 Å². The molecule has 1 fully saturated rings. The monoisotopic (exact) mass is 249 g/mol. The maximum Gasteiger partial charge on any atom is 0.260 e. The van der Waals surface area contributed by atoms with E-state index in [2.05, 4.69) is 6.92 Å². The molecule has 1 aliphatic carbocycles. The molecule has 3 unspecified atom stereocenters. The van der Waals surface area contributed by atoms with Gasteiger partial charge < -0.3 is 5.11 Å². The van der Waals surface area contributed by atoms with Crippen molar-refractivity contribution >= 4 is 0 Å². The Morgan fingerprint density at radius 1 is 1.29 bits per heavy atom. The Kier molecular flexibility index (Phi) is 5.32. The number of nitrogens with zero attached hydrogens (tertiary/aromatic N) is 1. The number of hydrogen-bond donors (Lipinski definition) is 1. The zero-order valence-corrected chi connectivity index (χ0v) is 11.1. The summed E-state index contributed by atoms with van der Waals surface area (Å²) < 4.78 is 26.8. The number of halogens is 2. The number of alkyl halides is 2. The fourth-order valence-corrected chi connectivity index (χ4v) is 2.80. The highest BCUT2D eigenvalue weighted by molar-refractivity contribution is 4.86. The van der Waals surface area contributed by atoms with Gasteiger partial charge in [0.1, 0.15) is 0 Å². The molecule has 0 aromatic heterocycles. The molecule has 1 aliphatic rings. The highest BCUT2D eigenvalue weighted by Crippen LogP contribution is 2.32. The van der Waals surface area contributed by atoms with E-state index in [-0.39, 0.29) is 25.1 Å².